The molecule has 2 nitrogen and oxygen atoms in total. The standard InChI is InChI=1S/C11H14O2/c1-2-10-11(13-10)12-8-9-6-4-3-5-7-9/h3-7,10-11H,2,8H2,1H3. The van der Waals surface area contributed by atoms with Gasteiger partial charge in [-0.05, 0) is 12.0 Å². The topological polar surface area (TPSA) is 21.8 Å². The summed E-state index contributed by atoms with van der Waals surface area (Å²) in [6, 6.07) is 10.2. The molecule has 0 spiro atoms. The summed E-state index contributed by atoms with van der Waals surface area (Å²) in [5.41, 5.74) is 1.20. The first kappa shape index (κ1) is 8.73. The van der Waals surface area contributed by atoms with E-state index in [4.69, 9.17) is 9.47 Å². The second kappa shape index (κ2) is 3.90. The Morgan fingerprint density at radius 3 is 2.69 bits per heavy atom. The molecule has 0 radical (unpaired) electrons. The van der Waals surface area contributed by atoms with Gasteiger partial charge in [-0.15, -0.1) is 0 Å². The van der Waals surface area contributed by atoms with Crippen LogP contribution in [0.2, 0.25) is 0 Å². The summed E-state index contributed by atoms with van der Waals surface area (Å²) >= 11 is 0. The molecule has 1 heterocycles. The van der Waals surface area contributed by atoms with E-state index in [1.54, 1.807) is 0 Å². The van der Waals surface area contributed by atoms with Gasteiger partial charge < -0.3 is 9.47 Å². The van der Waals surface area contributed by atoms with Gasteiger partial charge in [0.15, 0.2) is 6.29 Å². The molecular formula is C11H14O2. The first-order valence-corrected chi connectivity index (χ1v) is 4.71. The third-order valence-electron chi connectivity index (χ3n) is 2.20. The van der Waals surface area contributed by atoms with Crippen molar-refractivity contribution >= 4 is 0 Å². The highest BCUT2D eigenvalue weighted by molar-refractivity contribution is 5.13. The molecule has 2 heteroatoms. The summed E-state index contributed by atoms with van der Waals surface area (Å²) in [4.78, 5) is 0. The fraction of sp³-hybridized carbons (Fsp3) is 0.455. The van der Waals surface area contributed by atoms with E-state index in [0.29, 0.717) is 12.7 Å². The summed E-state index contributed by atoms with van der Waals surface area (Å²) < 4.78 is 10.8. The Morgan fingerprint density at radius 1 is 1.31 bits per heavy atom. The first-order chi connectivity index (χ1) is 6.40. The average molecular weight is 178 g/mol. The van der Waals surface area contributed by atoms with Gasteiger partial charge in [0.1, 0.15) is 6.10 Å². The summed E-state index contributed by atoms with van der Waals surface area (Å²) in [5, 5.41) is 0. The van der Waals surface area contributed by atoms with Gasteiger partial charge in [0.2, 0.25) is 0 Å². The average Bonchev–Trinajstić information content (AvgIpc) is 2.95. The molecule has 2 unspecified atom stereocenters. The summed E-state index contributed by atoms with van der Waals surface area (Å²) in [6.07, 6.45) is 1.42. The SMILES string of the molecule is CCC1OC1OCc1ccccc1. The van der Waals surface area contributed by atoms with Crippen LogP contribution in [-0.2, 0) is 16.1 Å². The van der Waals surface area contributed by atoms with E-state index in [1.807, 2.05) is 18.2 Å². The van der Waals surface area contributed by atoms with Crippen molar-refractivity contribution in [3.63, 3.8) is 0 Å². The number of rotatable bonds is 4. The number of benzene rings is 1. The van der Waals surface area contributed by atoms with Crippen LogP contribution in [0.15, 0.2) is 30.3 Å². The normalized spacial score (nSPS) is 25.9. The van der Waals surface area contributed by atoms with E-state index in [-0.39, 0.29) is 6.29 Å². The van der Waals surface area contributed by atoms with Crippen molar-refractivity contribution in [3.05, 3.63) is 35.9 Å². The van der Waals surface area contributed by atoms with Crippen LogP contribution in [0.5, 0.6) is 0 Å². The Balaban J connectivity index is 1.75. The predicted octanol–water partition coefficient (Wildman–Crippen LogP) is 2.34. The number of epoxide rings is 1. The van der Waals surface area contributed by atoms with E-state index in [0.717, 1.165) is 6.42 Å². The van der Waals surface area contributed by atoms with E-state index < -0.39 is 0 Å². The molecule has 0 amide bonds. The third kappa shape index (κ3) is 2.29. The molecule has 1 aliphatic heterocycles. The zero-order chi connectivity index (χ0) is 9.10. The Hall–Kier alpha value is -0.860. The van der Waals surface area contributed by atoms with Gasteiger partial charge in [0.25, 0.3) is 0 Å². The van der Waals surface area contributed by atoms with Crippen molar-refractivity contribution in [2.24, 2.45) is 0 Å². The van der Waals surface area contributed by atoms with E-state index in [1.165, 1.54) is 5.56 Å². The second-order valence-corrected chi connectivity index (χ2v) is 3.25. The van der Waals surface area contributed by atoms with Crippen LogP contribution in [0.4, 0.5) is 0 Å². The molecule has 0 saturated carbocycles. The van der Waals surface area contributed by atoms with Crippen LogP contribution in [0.3, 0.4) is 0 Å². The van der Waals surface area contributed by atoms with Crippen molar-refractivity contribution in [2.75, 3.05) is 0 Å². The van der Waals surface area contributed by atoms with Crippen molar-refractivity contribution in [1.29, 1.82) is 0 Å². The fourth-order valence-electron chi connectivity index (χ4n) is 1.31. The van der Waals surface area contributed by atoms with Crippen LogP contribution >= 0.6 is 0 Å². The van der Waals surface area contributed by atoms with Crippen molar-refractivity contribution < 1.29 is 9.47 Å². The zero-order valence-electron chi connectivity index (χ0n) is 7.77. The molecule has 0 aliphatic carbocycles. The van der Waals surface area contributed by atoms with Gasteiger partial charge in [0.05, 0.1) is 6.61 Å². The molecular weight excluding hydrogens is 164 g/mol. The van der Waals surface area contributed by atoms with Gasteiger partial charge in [-0.3, -0.25) is 0 Å². The molecule has 0 N–H and O–H groups in total. The van der Waals surface area contributed by atoms with Gasteiger partial charge in [-0.25, -0.2) is 0 Å². The van der Waals surface area contributed by atoms with Crippen molar-refractivity contribution in [3.8, 4) is 0 Å². The van der Waals surface area contributed by atoms with Crippen LogP contribution in [0.1, 0.15) is 18.9 Å². The quantitative estimate of drug-likeness (QED) is 0.660. The van der Waals surface area contributed by atoms with Crippen LogP contribution in [-0.4, -0.2) is 12.4 Å². The van der Waals surface area contributed by atoms with Gasteiger partial charge in [0, 0.05) is 0 Å². The van der Waals surface area contributed by atoms with Crippen LogP contribution in [0, 0.1) is 0 Å². The molecule has 0 bridgehead atoms. The molecule has 13 heavy (non-hydrogen) atoms. The van der Waals surface area contributed by atoms with Gasteiger partial charge in [-0.1, -0.05) is 37.3 Å². The lowest BCUT2D eigenvalue weighted by Gasteiger charge is -1.99. The highest BCUT2D eigenvalue weighted by Gasteiger charge is 2.37. The molecule has 70 valence electrons. The maximum absolute atomic E-state index is 5.52. The molecule has 1 aromatic rings. The van der Waals surface area contributed by atoms with Gasteiger partial charge >= 0.3 is 0 Å². The minimum atomic E-state index is 0.0465. The highest BCUT2D eigenvalue weighted by Crippen LogP contribution is 2.26. The van der Waals surface area contributed by atoms with Gasteiger partial charge in [-0.2, -0.15) is 0 Å². The number of hydrogen-bond acceptors (Lipinski definition) is 2. The Bertz CT molecular complexity index is 258. The molecule has 0 aromatic heterocycles. The summed E-state index contributed by atoms with van der Waals surface area (Å²) in [6.45, 7) is 2.76. The van der Waals surface area contributed by atoms with Crippen LogP contribution < -0.4 is 0 Å². The minimum Gasteiger partial charge on any atom is -0.345 e. The van der Waals surface area contributed by atoms with E-state index in [2.05, 4.69) is 19.1 Å². The predicted molar refractivity (Wildman–Crippen MR) is 50.2 cm³/mol. The Morgan fingerprint density at radius 2 is 2.08 bits per heavy atom. The lowest BCUT2D eigenvalue weighted by atomic mass is 10.2. The minimum absolute atomic E-state index is 0.0465. The lowest BCUT2D eigenvalue weighted by molar-refractivity contribution is 0.0385. The monoisotopic (exact) mass is 178 g/mol. The molecule has 2 rings (SSSR count). The highest BCUT2D eigenvalue weighted by atomic mass is 16.8. The maximum Gasteiger partial charge on any atom is 0.184 e. The maximum atomic E-state index is 5.52. The first-order valence-electron chi connectivity index (χ1n) is 4.71. The van der Waals surface area contributed by atoms with Crippen molar-refractivity contribution in [1.82, 2.24) is 0 Å². The molecule has 1 aromatic carbocycles. The largest absolute Gasteiger partial charge is 0.345 e. The van der Waals surface area contributed by atoms with Crippen molar-refractivity contribution in [2.45, 2.75) is 32.3 Å². The lowest BCUT2D eigenvalue weighted by Crippen LogP contribution is -1.99. The van der Waals surface area contributed by atoms with Crippen LogP contribution in [0.25, 0.3) is 0 Å². The zero-order valence-corrected chi connectivity index (χ0v) is 7.77. The summed E-state index contributed by atoms with van der Waals surface area (Å²) in [5.74, 6) is 0. The molecule has 1 aliphatic rings. The van der Waals surface area contributed by atoms with E-state index in [9.17, 15) is 0 Å². The number of ether oxygens (including phenoxy) is 2. The third-order valence-corrected chi connectivity index (χ3v) is 2.20. The number of hydrogen-bond donors (Lipinski definition) is 0. The Kier molecular flexibility index (Phi) is 2.62. The molecule has 1 saturated heterocycles. The summed E-state index contributed by atoms with van der Waals surface area (Å²) in [7, 11) is 0. The molecule has 2 atom stereocenters. The second-order valence-electron chi connectivity index (χ2n) is 3.25. The smallest absolute Gasteiger partial charge is 0.184 e. The fourth-order valence-corrected chi connectivity index (χ4v) is 1.31. The van der Waals surface area contributed by atoms with E-state index >= 15 is 0 Å². The molecule has 1 fully saturated rings. The Labute approximate surface area is 78.5 Å².